The highest BCUT2D eigenvalue weighted by Gasteiger charge is 2.46. The van der Waals surface area contributed by atoms with E-state index in [9.17, 15) is 38.6 Å². The highest BCUT2D eigenvalue weighted by Crippen LogP contribution is 2.36. The Kier molecular flexibility index (Phi) is 8.47. The van der Waals surface area contributed by atoms with Crippen LogP contribution in [-0.4, -0.2) is 76.7 Å². The van der Waals surface area contributed by atoms with E-state index in [2.05, 4.69) is 15.5 Å². The molecule has 0 spiro atoms. The van der Waals surface area contributed by atoms with Gasteiger partial charge in [0.1, 0.15) is 40.7 Å². The Hall–Kier alpha value is -4.02. The van der Waals surface area contributed by atoms with Crippen molar-refractivity contribution in [2.45, 2.75) is 44.0 Å². The summed E-state index contributed by atoms with van der Waals surface area (Å²) >= 11 is 0. The molecular weight excluding hydrogens is 536 g/mol. The molecule has 1 amide bonds. The van der Waals surface area contributed by atoms with Crippen LogP contribution in [0.5, 0.6) is 5.75 Å². The topological polar surface area (TPSA) is 210 Å². The summed E-state index contributed by atoms with van der Waals surface area (Å²) in [7, 11) is -2.75. The summed E-state index contributed by atoms with van der Waals surface area (Å²) in [5.74, 6) is -0.243. The monoisotopic (exact) mass is 560 g/mol. The van der Waals surface area contributed by atoms with Crippen molar-refractivity contribution >= 4 is 37.5 Å². The lowest BCUT2D eigenvalue weighted by Crippen LogP contribution is -2.65. The van der Waals surface area contributed by atoms with E-state index in [1.165, 1.54) is 31.2 Å². The second-order valence-corrected chi connectivity index (χ2v) is 9.64. The van der Waals surface area contributed by atoms with E-state index in [0.29, 0.717) is 16.5 Å². The van der Waals surface area contributed by atoms with Gasteiger partial charge >= 0.3 is 0 Å². The van der Waals surface area contributed by atoms with Crippen LogP contribution >= 0.6 is 0 Å². The first kappa shape index (κ1) is 28.0. The van der Waals surface area contributed by atoms with Gasteiger partial charge in [-0.1, -0.05) is 24.3 Å². The molecule has 0 aromatic heterocycles. The number of ether oxygens (including phenoxy) is 2. The molecule has 206 valence electrons. The molecule has 1 heterocycles. The van der Waals surface area contributed by atoms with Gasteiger partial charge in [-0.3, -0.25) is 14.9 Å². The molecule has 14 nitrogen and oxygen atoms in total. The summed E-state index contributed by atoms with van der Waals surface area (Å²) in [5, 5.41) is 53.1. The van der Waals surface area contributed by atoms with Crippen LogP contribution < -0.4 is 10.1 Å². The minimum Gasteiger partial charge on any atom is -0.462 e. The van der Waals surface area contributed by atoms with Gasteiger partial charge in [0.25, 0.3) is 5.70 Å². The number of carbonyl (C=O) groups excluding carboxylic acids is 1. The Morgan fingerprint density at radius 1 is 1.15 bits per heavy atom. The number of benzene rings is 2. The van der Waals surface area contributed by atoms with E-state index in [1.54, 1.807) is 24.3 Å². The number of aliphatic hydroxyl groups excluding tert-OH is 3. The normalized spacial score (nSPS) is 25.2. The first-order chi connectivity index (χ1) is 18.6. The van der Waals surface area contributed by atoms with Crippen molar-refractivity contribution in [3.8, 4) is 5.75 Å². The highest BCUT2D eigenvalue weighted by atomic mass is 32.2. The molecule has 2 aromatic carbocycles. The van der Waals surface area contributed by atoms with E-state index in [-0.39, 0.29) is 22.0 Å². The van der Waals surface area contributed by atoms with Gasteiger partial charge in [-0.2, -0.15) is 8.42 Å². The summed E-state index contributed by atoms with van der Waals surface area (Å²) in [6.07, 6.45) is -3.46. The lowest BCUT2D eigenvalue weighted by Gasteiger charge is -2.42. The molecule has 4 N–H and O–H groups in total. The van der Waals surface area contributed by atoms with Gasteiger partial charge in [-0.05, 0) is 18.2 Å². The van der Waals surface area contributed by atoms with Gasteiger partial charge in [0, 0.05) is 23.8 Å². The molecule has 39 heavy (non-hydrogen) atoms. The van der Waals surface area contributed by atoms with Gasteiger partial charge in [0.05, 0.1) is 23.6 Å². The van der Waals surface area contributed by atoms with Crippen molar-refractivity contribution in [1.82, 2.24) is 5.32 Å². The standard InChI is InChI=1S/C24H24N4O10S/c1-12(30)25-21-23(32)22(31)19(11-29)38-24(21)37-18-9-8-16(14-4-2-3-5-15(14)18)26-27-17-7-6-13(28(33)34)10-20(17)39(35)36/h2-9,19,21-24,29,31-32H,10-11H2,1H3,(H,25,30)/t19-,21-,22-,23-,24-/m1/s1. The number of amides is 1. The Labute approximate surface area is 222 Å². The molecule has 2 aliphatic rings. The van der Waals surface area contributed by atoms with E-state index in [0.717, 1.165) is 0 Å². The van der Waals surface area contributed by atoms with Crippen molar-refractivity contribution in [2.75, 3.05) is 6.61 Å². The largest absolute Gasteiger partial charge is 0.462 e. The molecule has 1 aliphatic carbocycles. The third-order valence-corrected chi connectivity index (χ3v) is 6.87. The smallest absolute Gasteiger partial charge is 0.251 e. The van der Waals surface area contributed by atoms with Gasteiger partial charge in [-0.15, -0.1) is 10.2 Å². The van der Waals surface area contributed by atoms with E-state index in [4.69, 9.17) is 9.47 Å². The first-order valence-electron chi connectivity index (χ1n) is 11.6. The number of aliphatic hydroxyl groups is 3. The van der Waals surface area contributed by atoms with E-state index in [1.807, 2.05) is 0 Å². The number of fused-ring (bicyclic) bond motifs is 1. The maximum absolute atomic E-state index is 11.7. The van der Waals surface area contributed by atoms with Crippen molar-refractivity contribution < 1.29 is 42.9 Å². The van der Waals surface area contributed by atoms with Crippen molar-refractivity contribution in [1.29, 1.82) is 0 Å². The fourth-order valence-electron chi connectivity index (χ4n) is 4.19. The molecule has 4 rings (SSSR count). The number of hydrogen-bond donors (Lipinski definition) is 4. The second-order valence-electron chi connectivity index (χ2n) is 8.68. The van der Waals surface area contributed by atoms with Crippen LogP contribution in [0.2, 0.25) is 0 Å². The van der Waals surface area contributed by atoms with Crippen LogP contribution in [0, 0.1) is 10.1 Å². The lowest BCUT2D eigenvalue weighted by atomic mass is 9.97. The van der Waals surface area contributed by atoms with Crippen molar-refractivity contribution in [3.63, 3.8) is 0 Å². The molecule has 0 bridgehead atoms. The number of rotatable bonds is 7. The van der Waals surface area contributed by atoms with Crippen LogP contribution in [0.4, 0.5) is 5.69 Å². The summed E-state index contributed by atoms with van der Waals surface area (Å²) < 4.78 is 34.9. The summed E-state index contributed by atoms with van der Waals surface area (Å²) in [6, 6.07) is 8.74. The Bertz CT molecular complexity index is 1530. The zero-order valence-electron chi connectivity index (χ0n) is 20.4. The molecule has 2 aromatic rings. The third kappa shape index (κ3) is 6.02. The molecule has 1 saturated heterocycles. The van der Waals surface area contributed by atoms with Crippen LogP contribution in [0.15, 0.2) is 70.2 Å². The fraction of sp³-hybridized carbons (Fsp3) is 0.333. The molecule has 1 aliphatic heterocycles. The van der Waals surface area contributed by atoms with E-state index >= 15 is 0 Å². The number of nitro groups is 1. The predicted octanol–water partition coefficient (Wildman–Crippen LogP) is 0.746. The fourth-order valence-corrected chi connectivity index (χ4v) is 4.74. The molecular formula is C24H24N4O10S. The average molecular weight is 561 g/mol. The predicted molar refractivity (Wildman–Crippen MR) is 136 cm³/mol. The third-order valence-electron chi connectivity index (χ3n) is 6.12. The van der Waals surface area contributed by atoms with Crippen LogP contribution in [0.25, 0.3) is 10.8 Å². The van der Waals surface area contributed by atoms with Gasteiger partial charge in [-0.25, -0.2) is 0 Å². The first-order valence-corrected chi connectivity index (χ1v) is 12.7. The number of azo groups is 1. The summed E-state index contributed by atoms with van der Waals surface area (Å²) in [4.78, 5) is 21.8. The highest BCUT2D eigenvalue weighted by molar-refractivity contribution is 7.73. The van der Waals surface area contributed by atoms with Gasteiger partial charge < -0.3 is 30.1 Å². The average Bonchev–Trinajstić information content (AvgIpc) is 2.91. The zero-order valence-corrected chi connectivity index (χ0v) is 21.2. The summed E-state index contributed by atoms with van der Waals surface area (Å²) in [6.45, 7) is 0.622. The summed E-state index contributed by atoms with van der Waals surface area (Å²) in [5.41, 5.74) is -0.0102. The quantitative estimate of drug-likeness (QED) is 0.161. The lowest BCUT2D eigenvalue weighted by molar-refractivity contribution is -0.426. The van der Waals surface area contributed by atoms with Gasteiger partial charge in [0.2, 0.25) is 22.5 Å². The number of carbonyl (C=O) groups is 1. The van der Waals surface area contributed by atoms with Crippen molar-refractivity contribution in [2.24, 2.45) is 10.2 Å². The Morgan fingerprint density at radius 3 is 2.51 bits per heavy atom. The molecule has 0 saturated carbocycles. The Balaban J connectivity index is 1.68. The molecule has 15 heteroatoms. The maximum Gasteiger partial charge on any atom is 0.251 e. The number of hydrogen-bond acceptors (Lipinski definition) is 12. The van der Waals surface area contributed by atoms with Crippen LogP contribution in [0.3, 0.4) is 0 Å². The second kappa shape index (κ2) is 11.8. The number of nitrogens with zero attached hydrogens (tertiary/aromatic N) is 3. The van der Waals surface area contributed by atoms with Crippen LogP contribution in [-0.2, 0) is 19.8 Å². The number of nitrogens with one attached hydrogen (secondary N) is 1. The molecule has 0 unspecified atom stereocenters. The van der Waals surface area contributed by atoms with E-state index < -0.39 is 64.8 Å². The number of allylic oxidation sites excluding steroid dienone is 4. The SMILES string of the molecule is CC(=O)N[C@H]1[C@H](Oc2ccc(N=NC3=CC=C([N+](=O)[O-])CC3=S(=O)=O)c3ccccc23)O[C@H](CO)[C@@H](O)[C@@H]1O. The molecule has 0 radical (unpaired) electrons. The maximum atomic E-state index is 11.7. The minimum atomic E-state index is -2.75. The van der Waals surface area contributed by atoms with Crippen LogP contribution in [0.1, 0.15) is 13.3 Å². The molecule has 5 atom stereocenters. The Morgan fingerprint density at radius 2 is 1.87 bits per heavy atom. The zero-order chi connectivity index (χ0) is 28.3. The molecule has 1 fully saturated rings. The van der Waals surface area contributed by atoms with Crippen molar-refractivity contribution in [3.05, 3.63) is 70.1 Å². The van der Waals surface area contributed by atoms with Gasteiger partial charge in [0.15, 0.2) is 0 Å². The minimum absolute atomic E-state index is 0.0466.